The molecule has 1 N–H and O–H groups in total. The third-order valence-electron chi connectivity index (χ3n) is 2.47. The van der Waals surface area contributed by atoms with Gasteiger partial charge in [-0.15, -0.1) is 5.10 Å². The first-order chi connectivity index (χ1) is 7.18. The summed E-state index contributed by atoms with van der Waals surface area (Å²) in [5.41, 5.74) is 0.526. The summed E-state index contributed by atoms with van der Waals surface area (Å²) in [6.07, 6.45) is 2.58. The Morgan fingerprint density at radius 3 is 2.93 bits per heavy atom. The molecule has 1 aromatic rings. The Bertz CT molecular complexity index is 353. The van der Waals surface area contributed by atoms with Crippen LogP contribution in [0.25, 0.3) is 0 Å². The Morgan fingerprint density at radius 2 is 2.40 bits per heavy atom. The first-order valence-electron chi connectivity index (χ1n) is 4.97. The van der Waals surface area contributed by atoms with Crippen LogP contribution in [-0.2, 0) is 7.05 Å². The molecular weight excluding hydrogens is 260 g/mol. The number of hydrogen-bond donors (Lipinski definition) is 1. The van der Waals surface area contributed by atoms with Gasteiger partial charge in [0.2, 0.25) is 0 Å². The third kappa shape index (κ3) is 2.63. The van der Waals surface area contributed by atoms with E-state index in [1.54, 1.807) is 7.05 Å². The van der Waals surface area contributed by atoms with E-state index < -0.39 is 0 Å². The normalized spacial score (nSPS) is 15.6. The topological polar surface area (TPSA) is 59.8 Å². The number of aromatic nitrogens is 3. The summed E-state index contributed by atoms with van der Waals surface area (Å²) in [4.78, 5) is 11.8. The van der Waals surface area contributed by atoms with Gasteiger partial charge in [0.1, 0.15) is 5.69 Å². The van der Waals surface area contributed by atoms with Gasteiger partial charge in [0.05, 0.1) is 6.54 Å². The molecule has 0 aliphatic heterocycles. The third-order valence-corrected chi connectivity index (χ3v) is 3.00. The molecule has 0 radical (unpaired) electrons. The molecule has 0 amide bonds. The summed E-state index contributed by atoms with van der Waals surface area (Å²) in [6.45, 7) is 1.30. The lowest BCUT2D eigenvalue weighted by molar-refractivity contribution is 0.0981. The van der Waals surface area contributed by atoms with Crippen molar-refractivity contribution in [1.29, 1.82) is 0 Å². The number of rotatable bonds is 5. The van der Waals surface area contributed by atoms with Crippen LogP contribution in [0.3, 0.4) is 0 Å². The van der Waals surface area contributed by atoms with E-state index in [2.05, 4.69) is 31.6 Å². The van der Waals surface area contributed by atoms with Crippen molar-refractivity contribution in [2.24, 2.45) is 13.0 Å². The molecule has 5 nitrogen and oxygen atoms in total. The van der Waals surface area contributed by atoms with Crippen LogP contribution in [0.4, 0.5) is 0 Å². The Morgan fingerprint density at radius 1 is 1.67 bits per heavy atom. The Hall–Kier alpha value is -0.750. The zero-order valence-corrected chi connectivity index (χ0v) is 10.1. The molecule has 0 aromatic carbocycles. The standard InChI is InChI=1S/C9H13BrN4O/c1-14-8(9(10)12-13-14)7(15)5-11-4-6-2-3-6/h6,11H,2-5H2,1H3. The lowest BCUT2D eigenvalue weighted by atomic mass is 10.3. The van der Waals surface area contributed by atoms with Crippen LogP contribution in [0.5, 0.6) is 0 Å². The van der Waals surface area contributed by atoms with Crippen LogP contribution < -0.4 is 5.32 Å². The number of ketones is 1. The summed E-state index contributed by atoms with van der Waals surface area (Å²) in [7, 11) is 1.71. The fraction of sp³-hybridized carbons (Fsp3) is 0.667. The lowest BCUT2D eigenvalue weighted by Crippen LogP contribution is -2.26. The van der Waals surface area contributed by atoms with E-state index in [-0.39, 0.29) is 5.78 Å². The minimum atomic E-state index is 0.0232. The van der Waals surface area contributed by atoms with Gasteiger partial charge >= 0.3 is 0 Å². The molecule has 0 unspecified atom stereocenters. The molecule has 1 fully saturated rings. The molecule has 1 aliphatic rings. The van der Waals surface area contributed by atoms with Gasteiger partial charge in [0, 0.05) is 7.05 Å². The fourth-order valence-electron chi connectivity index (χ4n) is 1.42. The van der Waals surface area contributed by atoms with Crippen LogP contribution in [0.15, 0.2) is 4.60 Å². The van der Waals surface area contributed by atoms with Crippen LogP contribution >= 0.6 is 15.9 Å². The second-order valence-corrected chi connectivity index (χ2v) is 4.60. The Kier molecular flexibility index (Phi) is 3.16. The zero-order valence-electron chi connectivity index (χ0n) is 8.53. The molecule has 1 aromatic heterocycles. The average Bonchev–Trinajstić information content (AvgIpc) is 2.93. The quantitative estimate of drug-likeness (QED) is 0.805. The van der Waals surface area contributed by atoms with Crippen molar-refractivity contribution in [3.05, 3.63) is 10.3 Å². The molecular formula is C9H13BrN4O. The van der Waals surface area contributed by atoms with Gasteiger partial charge < -0.3 is 5.32 Å². The molecule has 82 valence electrons. The van der Waals surface area contributed by atoms with Crippen molar-refractivity contribution in [3.63, 3.8) is 0 Å². The van der Waals surface area contributed by atoms with Crippen molar-refractivity contribution in [2.45, 2.75) is 12.8 Å². The van der Waals surface area contributed by atoms with Gasteiger partial charge in [-0.05, 0) is 41.2 Å². The number of nitrogens with zero attached hydrogens (tertiary/aromatic N) is 3. The summed E-state index contributed by atoms with van der Waals surface area (Å²) in [6, 6.07) is 0. The molecule has 2 rings (SSSR count). The van der Waals surface area contributed by atoms with Crippen molar-refractivity contribution in [2.75, 3.05) is 13.1 Å². The number of halogens is 1. The van der Waals surface area contributed by atoms with Crippen LogP contribution in [0, 0.1) is 5.92 Å². The van der Waals surface area contributed by atoms with Gasteiger partial charge in [-0.2, -0.15) is 0 Å². The second kappa shape index (κ2) is 4.40. The van der Waals surface area contributed by atoms with Gasteiger partial charge in [-0.1, -0.05) is 5.21 Å². The molecule has 1 heterocycles. The molecule has 0 atom stereocenters. The van der Waals surface area contributed by atoms with Crippen molar-refractivity contribution >= 4 is 21.7 Å². The van der Waals surface area contributed by atoms with E-state index in [1.807, 2.05) is 0 Å². The Labute approximate surface area is 96.4 Å². The molecule has 6 heteroatoms. The number of nitrogens with one attached hydrogen (secondary N) is 1. The van der Waals surface area contributed by atoms with E-state index in [4.69, 9.17) is 0 Å². The second-order valence-electron chi connectivity index (χ2n) is 3.85. The van der Waals surface area contributed by atoms with E-state index in [0.717, 1.165) is 12.5 Å². The predicted octanol–water partition coefficient (Wildman–Crippen LogP) is 0.760. The number of hydrogen-bond acceptors (Lipinski definition) is 4. The maximum Gasteiger partial charge on any atom is 0.197 e. The maximum absolute atomic E-state index is 11.8. The minimum Gasteiger partial charge on any atom is -0.309 e. The number of Topliss-reactive ketones (excluding diaryl/α,β-unsaturated/α-hetero) is 1. The van der Waals surface area contributed by atoms with Crippen molar-refractivity contribution < 1.29 is 4.79 Å². The van der Waals surface area contributed by atoms with Crippen molar-refractivity contribution in [3.8, 4) is 0 Å². The van der Waals surface area contributed by atoms with Crippen LogP contribution in [0.2, 0.25) is 0 Å². The Balaban J connectivity index is 1.88. The highest BCUT2D eigenvalue weighted by Crippen LogP contribution is 2.27. The molecule has 0 bridgehead atoms. The van der Waals surface area contributed by atoms with E-state index in [9.17, 15) is 4.79 Å². The summed E-state index contributed by atoms with van der Waals surface area (Å²) < 4.78 is 2.01. The van der Waals surface area contributed by atoms with Gasteiger partial charge in [0.25, 0.3) is 0 Å². The van der Waals surface area contributed by atoms with Crippen LogP contribution in [0.1, 0.15) is 23.3 Å². The summed E-state index contributed by atoms with van der Waals surface area (Å²) in [5, 5.41) is 10.7. The highest BCUT2D eigenvalue weighted by atomic mass is 79.9. The smallest absolute Gasteiger partial charge is 0.197 e. The molecule has 1 aliphatic carbocycles. The van der Waals surface area contributed by atoms with E-state index >= 15 is 0 Å². The summed E-state index contributed by atoms with van der Waals surface area (Å²) >= 11 is 3.21. The largest absolute Gasteiger partial charge is 0.309 e. The van der Waals surface area contributed by atoms with Crippen molar-refractivity contribution in [1.82, 2.24) is 20.3 Å². The molecule has 0 spiro atoms. The maximum atomic E-state index is 11.8. The number of aryl methyl sites for hydroxylation is 1. The summed E-state index contributed by atoms with van der Waals surface area (Å²) in [5.74, 6) is 0.806. The monoisotopic (exact) mass is 272 g/mol. The molecule has 1 saturated carbocycles. The van der Waals surface area contributed by atoms with Gasteiger partial charge in [0.15, 0.2) is 10.4 Å². The lowest BCUT2D eigenvalue weighted by Gasteiger charge is -2.02. The highest BCUT2D eigenvalue weighted by Gasteiger charge is 2.22. The van der Waals surface area contributed by atoms with Crippen LogP contribution in [-0.4, -0.2) is 33.9 Å². The predicted molar refractivity (Wildman–Crippen MR) is 58.6 cm³/mol. The number of carbonyl (C=O) groups excluding carboxylic acids is 1. The highest BCUT2D eigenvalue weighted by molar-refractivity contribution is 9.10. The van der Waals surface area contributed by atoms with Gasteiger partial charge in [-0.3, -0.25) is 4.79 Å². The molecule has 0 saturated heterocycles. The van der Waals surface area contributed by atoms with E-state index in [0.29, 0.717) is 16.8 Å². The minimum absolute atomic E-state index is 0.0232. The molecule has 15 heavy (non-hydrogen) atoms. The average molecular weight is 273 g/mol. The zero-order chi connectivity index (χ0) is 10.8. The SMILES string of the molecule is Cn1nnc(Br)c1C(=O)CNCC1CC1. The van der Waals surface area contributed by atoms with Gasteiger partial charge in [-0.25, -0.2) is 4.68 Å². The van der Waals surface area contributed by atoms with E-state index in [1.165, 1.54) is 17.5 Å². The first-order valence-corrected chi connectivity index (χ1v) is 5.77. The number of carbonyl (C=O) groups is 1. The first kappa shape index (κ1) is 10.8. The fourth-order valence-corrected chi connectivity index (χ4v) is 1.97.